The van der Waals surface area contributed by atoms with Gasteiger partial charge in [-0.3, -0.25) is 4.79 Å². The maximum absolute atomic E-state index is 15.0. The van der Waals surface area contributed by atoms with Crippen molar-refractivity contribution < 1.29 is 19.0 Å². The zero-order valence-electron chi connectivity index (χ0n) is 14.4. The number of aryl methyl sites for hydroxylation is 1. The standard InChI is InChI=1S/C18H20FN3O4/c1-9-15-12(6-13(16(9)19)21-5-4-10(20)7-21)22(11-2-3-11)8-14(17(15)23)26-18(24)25/h6,8,10-11H,2-5,7,20H2,1H3,(H,24,25)/t10-/m1/s1. The highest BCUT2D eigenvalue weighted by Gasteiger charge is 2.30. The van der Waals surface area contributed by atoms with Gasteiger partial charge in [-0.1, -0.05) is 0 Å². The summed E-state index contributed by atoms with van der Waals surface area (Å²) in [6.07, 6.45) is 2.49. The summed E-state index contributed by atoms with van der Waals surface area (Å²) in [5, 5.41) is 9.05. The van der Waals surface area contributed by atoms with Crippen molar-refractivity contribution in [3.8, 4) is 5.75 Å². The van der Waals surface area contributed by atoms with E-state index in [0.717, 1.165) is 19.3 Å². The molecular formula is C18H20FN3O4. The molecule has 0 amide bonds. The maximum Gasteiger partial charge on any atom is 0.511 e. The van der Waals surface area contributed by atoms with Gasteiger partial charge in [0.1, 0.15) is 5.82 Å². The van der Waals surface area contributed by atoms with E-state index in [1.807, 2.05) is 9.47 Å². The molecular weight excluding hydrogens is 341 g/mol. The van der Waals surface area contributed by atoms with E-state index in [-0.39, 0.29) is 28.8 Å². The van der Waals surface area contributed by atoms with Gasteiger partial charge in [0.2, 0.25) is 5.43 Å². The van der Waals surface area contributed by atoms with Crippen LogP contribution in [0.2, 0.25) is 0 Å². The molecule has 1 atom stereocenters. The fourth-order valence-electron chi connectivity index (χ4n) is 3.68. The van der Waals surface area contributed by atoms with E-state index < -0.39 is 17.4 Å². The zero-order valence-corrected chi connectivity index (χ0v) is 14.4. The summed E-state index contributed by atoms with van der Waals surface area (Å²) < 4.78 is 21.5. The first kappa shape index (κ1) is 16.8. The lowest BCUT2D eigenvalue weighted by Gasteiger charge is -2.22. The van der Waals surface area contributed by atoms with Gasteiger partial charge in [0.05, 0.1) is 22.8 Å². The summed E-state index contributed by atoms with van der Waals surface area (Å²) in [6, 6.07) is 1.84. The molecule has 4 rings (SSSR count). The van der Waals surface area contributed by atoms with Crippen LogP contribution in [0.5, 0.6) is 5.75 Å². The summed E-state index contributed by atoms with van der Waals surface area (Å²) in [4.78, 5) is 25.5. The Balaban J connectivity index is 1.97. The molecule has 3 N–H and O–H groups in total. The molecule has 1 aliphatic heterocycles. The van der Waals surface area contributed by atoms with Gasteiger partial charge in [-0.2, -0.15) is 0 Å². The Bertz CT molecular complexity index is 967. The van der Waals surface area contributed by atoms with Crippen LogP contribution in [0.1, 0.15) is 30.9 Å². The number of benzene rings is 1. The monoisotopic (exact) mass is 361 g/mol. The fourth-order valence-corrected chi connectivity index (χ4v) is 3.68. The number of fused-ring (bicyclic) bond motifs is 1. The molecule has 1 saturated heterocycles. The number of hydrogen-bond acceptors (Lipinski definition) is 5. The fraction of sp³-hybridized carbons (Fsp3) is 0.444. The van der Waals surface area contributed by atoms with Gasteiger partial charge in [0.15, 0.2) is 5.75 Å². The highest BCUT2D eigenvalue weighted by Crippen LogP contribution is 2.40. The summed E-state index contributed by atoms with van der Waals surface area (Å²) in [5.74, 6) is -0.770. The van der Waals surface area contributed by atoms with Crippen LogP contribution in [0.15, 0.2) is 17.1 Å². The number of rotatable bonds is 3. The van der Waals surface area contributed by atoms with E-state index in [2.05, 4.69) is 4.74 Å². The van der Waals surface area contributed by atoms with Crippen LogP contribution < -0.4 is 20.8 Å². The number of anilines is 1. The van der Waals surface area contributed by atoms with Gasteiger partial charge in [-0.05, 0) is 32.3 Å². The molecule has 0 bridgehead atoms. The molecule has 0 spiro atoms. The lowest BCUT2D eigenvalue weighted by molar-refractivity contribution is 0.143. The van der Waals surface area contributed by atoms with Crippen LogP contribution in [-0.4, -0.2) is 35.0 Å². The second-order valence-corrected chi connectivity index (χ2v) is 7.05. The van der Waals surface area contributed by atoms with Crippen LogP contribution in [0.4, 0.5) is 14.9 Å². The molecule has 1 aromatic heterocycles. The van der Waals surface area contributed by atoms with Crippen molar-refractivity contribution in [2.75, 3.05) is 18.0 Å². The lowest BCUT2D eigenvalue weighted by Crippen LogP contribution is -2.27. The number of hydrogen-bond donors (Lipinski definition) is 2. The Kier molecular flexibility index (Phi) is 3.87. The highest BCUT2D eigenvalue weighted by atomic mass is 19.1. The molecule has 2 aromatic rings. The number of pyridine rings is 1. The zero-order chi connectivity index (χ0) is 18.6. The smallest absolute Gasteiger partial charge is 0.449 e. The quantitative estimate of drug-likeness (QED) is 0.815. The van der Waals surface area contributed by atoms with Crippen LogP contribution >= 0.6 is 0 Å². The highest BCUT2D eigenvalue weighted by molar-refractivity contribution is 5.88. The van der Waals surface area contributed by atoms with Gasteiger partial charge in [0, 0.05) is 30.7 Å². The van der Waals surface area contributed by atoms with Gasteiger partial charge >= 0.3 is 6.16 Å². The number of ether oxygens (including phenoxy) is 1. The summed E-state index contributed by atoms with van der Waals surface area (Å²) in [6.45, 7) is 2.77. The third kappa shape index (κ3) is 2.70. The van der Waals surface area contributed by atoms with Crippen molar-refractivity contribution in [3.63, 3.8) is 0 Å². The Morgan fingerprint density at radius 2 is 2.12 bits per heavy atom. The van der Waals surface area contributed by atoms with Crippen LogP contribution in [0.3, 0.4) is 0 Å². The molecule has 1 aromatic carbocycles. The van der Waals surface area contributed by atoms with E-state index in [1.165, 1.54) is 6.20 Å². The number of nitrogens with two attached hydrogens (primary N) is 1. The second-order valence-electron chi connectivity index (χ2n) is 7.05. The summed E-state index contributed by atoms with van der Waals surface area (Å²) in [5.41, 5.74) is 6.58. The van der Waals surface area contributed by atoms with Crippen LogP contribution in [-0.2, 0) is 0 Å². The van der Waals surface area contributed by atoms with Crippen molar-refractivity contribution in [1.82, 2.24) is 4.57 Å². The molecule has 1 saturated carbocycles. The van der Waals surface area contributed by atoms with E-state index >= 15 is 4.39 Å². The minimum absolute atomic E-state index is 0.00220. The normalized spacial score (nSPS) is 20.0. The molecule has 1 aliphatic carbocycles. The van der Waals surface area contributed by atoms with Crippen molar-refractivity contribution in [1.29, 1.82) is 0 Å². The van der Waals surface area contributed by atoms with Crippen LogP contribution in [0, 0.1) is 12.7 Å². The first-order valence-corrected chi connectivity index (χ1v) is 8.66. The molecule has 2 aliphatic rings. The molecule has 138 valence electrons. The van der Waals surface area contributed by atoms with E-state index in [0.29, 0.717) is 24.3 Å². The maximum atomic E-state index is 15.0. The molecule has 0 radical (unpaired) electrons. The van der Waals surface area contributed by atoms with Gasteiger partial charge in [0.25, 0.3) is 0 Å². The SMILES string of the molecule is Cc1c(F)c(N2CC[C@@H](N)C2)cc2c1c(=O)c(OC(=O)O)cn2C1CC1. The average molecular weight is 361 g/mol. The van der Waals surface area contributed by atoms with Crippen molar-refractivity contribution >= 4 is 22.7 Å². The summed E-state index contributed by atoms with van der Waals surface area (Å²) in [7, 11) is 0. The van der Waals surface area contributed by atoms with E-state index in [1.54, 1.807) is 13.0 Å². The first-order chi connectivity index (χ1) is 12.4. The third-order valence-corrected chi connectivity index (χ3v) is 5.15. The molecule has 0 unspecified atom stereocenters. The van der Waals surface area contributed by atoms with Gasteiger partial charge < -0.3 is 25.0 Å². The molecule has 7 nitrogen and oxygen atoms in total. The van der Waals surface area contributed by atoms with Crippen molar-refractivity contribution in [3.05, 3.63) is 33.9 Å². The first-order valence-electron chi connectivity index (χ1n) is 8.66. The number of carbonyl (C=O) groups is 1. The number of nitrogens with zero attached hydrogens (tertiary/aromatic N) is 2. The number of aromatic nitrogens is 1. The Morgan fingerprint density at radius 1 is 1.38 bits per heavy atom. The third-order valence-electron chi connectivity index (χ3n) is 5.15. The predicted octanol–water partition coefficient (Wildman–Crippen LogP) is 2.38. The van der Waals surface area contributed by atoms with Gasteiger partial charge in [-0.25, -0.2) is 9.18 Å². The predicted molar refractivity (Wildman–Crippen MR) is 94.6 cm³/mol. The molecule has 8 heteroatoms. The number of halogens is 1. The van der Waals surface area contributed by atoms with E-state index in [9.17, 15) is 9.59 Å². The topological polar surface area (TPSA) is 97.8 Å². The minimum atomic E-state index is -1.57. The Hall–Kier alpha value is -2.61. The number of carboxylic acid groups (broad SMARTS) is 1. The Labute approximate surface area is 148 Å². The van der Waals surface area contributed by atoms with E-state index in [4.69, 9.17) is 10.8 Å². The molecule has 26 heavy (non-hydrogen) atoms. The Morgan fingerprint density at radius 3 is 2.69 bits per heavy atom. The summed E-state index contributed by atoms with van der Waals surface area (Å²) >= 11 is 0. The van der Waals surface area contributed by atoms with Gasteiger partial charge in [-0.15, -0.1) is 0 Å². The molecule has 2 fully saturated rings. The van der Waals surface area contributed by atoms with Crippen LogP contribution in [0.25, 0.3) is 10.9 Å². The van der Waals surface area contributed by atoms with Crippen molar-refractivity contribution in [2.45, 2.75) is 38.3 Å². The minimum Gasteiger partial charge on any atom is -0.449 e. The molecule has 2 heterocycles. The van der Waals surface area contributed by atoms with Crippen molar-refractivity contribution in [2.24, 2.45) is 5.73 Å². The lowest BCUT2D eigenvalue weighted by atomic mass is 10.1. The average Bonchev–Trinajstić information content (AvgIpc) is 3.33. The second kappa shape index (κ2) is 5.98. The largest absolute Gasteiger partial charge is 0.511 e.